The topological polar surface area (TPSA) is 95.9 Å². The lowest BCUT2D eigenvalue weighted by Gasteiger charge is -2.38. The largest absolute Gasteiger partial charge is 0.376 e. The summed E-state index contributed by atoms with van der Waals surface area (Å²) in [6.45, 7) is 6.55. The van der Waals surface area contributed by atoms with E-state index in [0.29, 0.717) is 65.3 Å². The van der Waals surface area contributed by atoms with Crippen molar-refractivity contribution in [2.45, 2.75) is 32.8 Å². The summed E-state index contributed by atoms with van der Waals surface area (Å²) in [6.07, 6.45) is 3.88. The number of piperazine rings is 1. The van der Waals surface area contributed by atoms with Gasteiger partial charge in [-0.3, -0.25) is 4.79 Å². The van der Waals surface area contributed by atoms with Gasteiger partial charge in [-0.15, -0.1) is 0 Å². The molecule has 0 radical (unpaired) electrons. The molecule has 2 fully saturated rings. The molecule has 0 spiro atoms. The summed E-state index contributed by atoms with van der Waals surface area (Å²) >= 11 is 0. The van der Waals surface area contributed by atoms with Crippen LogP contribution in [0.1, 0.15) is 31.0 Å². The smallest absolute Gasteiger partial charge is 0.225 e. The average molecular weight is 424 g/mol. The first-order chi connectivity index (χ1) is 14.0. The Morgan fingerprint density at radius 3 is 2.59 bits per heavy atom. The molecule has 1 amide bonds. The maximum Gasteiger partial charge on any atom is 0.225 e. The summed E-state index contributed by atoms with van der Waals surface area (Å²) in [5.74, 6) is 0.924. The molecule has 0 aromatic carbocycles. The zero-order valence-electron chi connectivity index (χ0n) is 16.9. The number of amides is 1. The number of anilines is 1. The van der Waals surface area contributed by atoms with Gasteiger partial charge in [-0.25, -0.2) is 22.7 Å². The summed E-state index contributed by atoms with van der Waals surface area (Å²) in [6, 6.07) is 0. The van der Waals surface area contributed by atoms with Crippen LogP contribution in [0.5, 0.6) is 0 Å². The fraction of sp³-hybridized carbons (Fsp3) is 0.737. The van der Waals surface area contributed by atoms with Crippen LogP contribution < -0.4 is 4.90 Å². The van der Waals surface area contributed by atoms with Gasteiger partial charge in [-0.05, 0) is 19.8 Å². The van der Waals surface area contributed by atoms with Gasteiger partial charge in [0.1, 0.15) is 0 Å². The first-order valence-electron chi connectivity index (χ1n) is 10.4. The second-order valence-electron chi connectivity index (χ2n) is 7.83. The number of sulfonamides is 1. The van der Waals surface area contributed by atoms with Gasteiger partial charge in [-0.1, -0.05) is 0 Å². The quantitative estimate of drug-likeness (QED) is 0.685. The number of carbonyl (C=O) groups is 1. The zero-order chi connectivity index (χ0) is 20.4. The Kier molecular flexibility index (Phi) is 6.03. The van der Waals surface area contributed by atoms with E-state index < -0.39 is 10.0 Å². The van der Waals surface area contributed by atoms with E-state index in [2.05, 4.69) is 9.88 Å². The minimum Gasteiger partial charge on any atom is -0.376 e. The summed E-state index contributed by atoms with van der Waals surface area (Å²) in [4.78, 5) is 26.1. The molecule has 3 aliphatic heterocycles. The lowest BCUT2D eigenvalue weighted by atomic mass is 9.96. The fourth-order valence-corrected chi connectivity index (χ4v) is 5.35. The number of nitrogens with zero attached hydrogens (tertiary/aromatic N) is 5. The SMILES string of the molecule is CCS(=O)(=O)N1CCC(C(=O)N2CCN(c3ncc4c(n3)CCOC4)CC2)CC1. The second kappa shape index (κ2) is 8.53. The van der Waals surface area contributed by atoms with Crippen LogP contribution in [0.2, 0.25) is 0 Å². The maximum absolute atomic E-state index is 12.9. The van der Waals surface area contributed by atoms with Gasteiger partial charge in [0.05, 0.1) is 24.7 Å². The Morgan fingerprint density at radius 2 is 1.90 bits per heavy atom. The van der Waals surface area contributed by atoms with Crippen molar-refractivity contribution < 1.29 is 17.9 Å². The third kappa shape index (κ3) is 4.39. The maximum atomic E-state index is 12.9. The van der Waals surface area contributed by atoms with Crippen molar-refractivity contribution in [3.63, 3.8) is 0 Å². The van der Waals surface area contributed by atoms with E-state index in [-0.39, 0.29) is 17.6 Å². The molecule has 3 aliphatic rings. The number of piperidine rings is 1. The molecule has 0 unspecified atom stereocenters. The van der Waals surface area contributed by atoms with E-state index in [0.717, 1.165) is 23.6 Å². The molecule has 10 heteroatoms. The van der Waals surface area contributed by atoms with Crippen molar-refractivity contribution in [2.75, 3.05) is 56.5 Å². The zero-order valence-corrected chi connectivity index (χ0v) is 17.7. The summed E-state index contributed by atoms with van der Waals surface area (Å²) in [7, 11) is -3.16. The predicted octanol–water partition coefficient (Wildman–Crippen LogP) is 0.260. The van der Waals surface area contributed by atoms with Crippen molar-refractivity contribution >= 4 is 21.9 Å². The fourth-order valence-electron chi connectivity index (χ4n) is 4.22. The molecule has 2 saturated heterocycles. The minimum atomic E-state index is -3.16. The molecule has 1 aromatic rings. The third-order valence-electron chi connectivity index (χ3n) is 6.12. The standard InChI is InChI=1S/C19H29N5O4S/c1-2-29(26,27)24-6-3-15(4-7-24)18(25)22-8-10-23(11-9-22)19-20-13-16-14-28-12-5-17(16)21-19/h13,15H,2-12,14H2,1H3. The Labute approximate surface area is 172 Å². The van der Waals surface area contributed by atoms with Crippen molar-refractivity contribution in [2.24, 2.45) is 5.92 Å². The molecular formula is C19H29N5O4S. The average Bonchev–Trinajstić information content (AvgIpc) is 2.78. The van der Waals surface area contributed by atoms with Gasteiger partial charge in [0, 0.05) is 63.4 Å². The molecule has 1 aromatic heterocycles. The Hall–Kier alpha value is -1.78. The first-order valence-corrected chi connectivity index (χ1v) is 12.0. The highest BCUT2D eigenvalue weighted by Crippen LogP contribution is 2.23. The Balaban J connectivity index is 1.30. The highest BCUT2D eigenvalue weighted by Gasteiger charge is 2.33. The minimum absolute atomic E-state index is 0.0788. The molecular weight excluding hydrogens is 394 g/mol. The van der Waals surface area contributed by atoms with Crippen LogP contribution in [0.4, 0.5) is 5.95 Å². The molecule has 0 saturated carbocycles. The lowest BCUT2D eigenvalue weighted by Crippen LogP contribution is -2.52. The third-order valence-corrected chi connectivity index (χ3v) is 8.00. The molecule has 0 bridgehead atoms. The number of carbonyl (C=O) groups excluding carboxylic acids is 1. The van der Waals surface area contributed by atoms with Crippen LogP contribution in [0.15, 0.2) is 6.20 Å². The van der Waals surface area contributed by atoms with Crippen molar-refractivity contribution in [1.29, 1.82) is 0 Å². The molecule has 4 rings (SSSR count). The first kappa shape index (κ1) is 20.5. The summed E-state index contributed by atoms with van der Waals surface area (Å²) in [5.41, 5.74) is 2.12. The molecule has 0 N–H and O–H groups in total. The van der Waals surface area contributed by atoms with Crippen molar-refractivity contribution in [1.82, 2.24) is 19.2 Å². The molecule has 0 atom stereocenters. The van der Waals surface area contributed by atoms with E-state index in [1.165, 1.54) is 4.31 Å². The Morgan fingerprint density at radius 1 is 1.17 bits per heavy atom. The highest BCUT2D eigenvalue weighted by molar-refractivity contribution is 7.89. The molecule has 29 heavy (non-hydrogen) atoms. The van der Waals surface area contributed by atoms with E-state index in [4.69, 9.17) is 9.72 Å². The van der Waals surface area contributed by atoms with Gasteiger partial charge >= 0.3 is 0 Å². The number of aromatic nitrogens is 2. The Bertz CT molecular complexity index is 846. The number of rotatable bonds is 4. The lowest BCUT2D eigenvalue weighted by molar-refractivity contribution is -0.137. The van der Waals surface area contributed by atoms with Gasteiger partial charge in [-0.2, -0.15) is 0 Å². The number of hydrogen-bond donors (Lipinski definition) is 0. The molecule has 160 valence electrons. The van der Waals surface area contributed by atoms with E-state index in [9.17, 15) is 13.2 Å². The van der Waals surface area contributed by atoms with Crippen LogP contribution in [0.25, 0.3) is 0 Å². The number of hydrogen-bond acceptors (Lipinski definition) is 7. The van der Waals surface area contributed by atoms with E-state index in [1.807, 2.05) is 11.1 Å². The van der Waals surface area contributed by atoms with Crippen molar-refractivity contribution in [3.05, 3.63) is 17.5 Å². The van der Waals surface area contributed by atoms with Gasteiger partial charge < -0.3 is 14.5 Å². The normalized spacial score (nSPS) is 21.8. The van der Waals surface area contributed by atoms with Crippen LogP contribution >= 0.6 is 0 Å². The van der Waals surface area contributed by atoms with Gasteiger partial charge in [0.15, 0.2) is 0 Å². The molecule has 9 nitrogen and oxygen atoms in total. The summed E-state index contributed by atoms with van der Waals surface area (Å²) < 4.78 is 31.0. The van der Waals surface area contributed by atoms with E-state index >= 15 is 0 Å². The van der Waals surface area contributed by atoms with Crippen LogP contribution in [0.3, 0.4) is 0 Å². The highest BCUT2D eigenvalue weighted by atomic mass is 32.2. The number of ether oxygens (including phenoxy) is 1. The van der Waals surface area contributed by atoms with Crippen LogP contribution in [-0.2, 0) is 32.6 Å². The van der Waals surface area contributed by atoms with E-state index in [1.54, 1.807) is 6.92 Å². The van der Waals surface area contributed by atoms with Crippen molar-refractivity contribution in [3.8, 4) is 0 Å². The van der Waals surface area contributed by atoms with Gasteiger partial charge in [0.25, 0.3) is 0 Å². The predicted molar refractivity (Wildman–Crippen MR) is 108 cm³/mol. The number of fused-ring (bicyclic) bond motifs is 1. The summed E-state index contributed by atoms with van der Waals surface area (Å²) in [5, 5.41) is 0. The molecule has 4 heterocycles. The van der Waals surface area contributed by atoms with Gasteiger partial charge in [0.2, 0.25) is 21.9 Å². The van der Waals surface area contributed by atoms with Crippen LogP contribution in [0, 0.1) is 5.92 Å². The monoisotopic (exact) mass is 423 g/mol. The second-order valence-corrected chi connectivity index (χ2v) is 10.1. The molecule has 0 aliphatic carbocycles. The van der Waals surface area contributed by atoms with Crippen LogP contribution in [-0.4, -0.2) is 85.1 Å².